The van der Waals surface area contributed by atoms with Gasteiger partial charge < -0.3 is 9.47 Å². The summed E-state index contributed by atoms with van der Waals surface area (Å²) in [5.74, 6) is -5.21. The fraction of sp³-hybridized carbons (Fsp3) is 0.263. The number of rotatable bonds is 8. The molecule has 0 fully saturated rings. The number of hydrogen-bond donors (Lipinski definition) is 0. The van der Waals surface area contributed by atoms with Crippen LogP contribution in [0.15, 0.2) is 54.6 Å². The number of benzene rings is 2. The predicted molar refractivity (Wildman–Crippen MR) is 99.5 cm³/mol. The van der Waals surface area contributed by atoms with E-state index in [1.165, 1.54) is 30.3 Å². The first-order chi connectivity index (χ1) is 13.8. The van der Waals surface area contributed by atoms with E-state index in [-0.39, 0.29) is 16.8 Å². The first-order valence-electron chi connectivity index (χ1n) is 8.40. The summed E-state index contributed by atoms with van der Waals surface area (Å²) < 4.78 is 9.37. The summed E-state index contributed by atoms with van der Waals surface area (Å²) in [7, 11) is 2.07. The second-order valence-electron chi connectivity index (χ2n) is 6.04. The molecule has 0 heterocycles. The molecule has 0 aliphatic heterocycles. The summed E-state index contributed by atoms with van der Waals surface area (Å²) in [4.78, 5) is 46.8. The molecule has 2 atom stereocenters. The smallest absolute Gasteiger partial charge is 0.320 e. The summed E-state index contributed by atoms with van der Waals surface area (Å²) in [5, 5.41) is 23.2. The fourth-order valence-corrected chi connectivity index (χ4v) is 3.16. The van der Waals surface area contributed by atoms with Crippen LogP contribution >= 0.6 is 0 Å². The zero-order valence-corrected chi connectivity index (χ0v) is 15.6. The predicted octanol–water partition coefficient (Wildman–Crippen LogP) is 2.66. The van der Waals surface area contributed by atoms with Gasteiger partial charge in [0.1, 0.15) is 0 Å². The van der Waals surface area contributed by atoms with Crippen molar-refractivity contribution in [3.63, 3.8) is 0 Å². The molecule has 10 heteroatoms. The van der Waals surface area contributed by atoms with E-state index in [2.05, 4.69) is 9.47 Å². The van der Waals surface area contributed by atoms with E-state index >= 15 is 0 Å². The summed E-state index contributed by atoms with van der Waals surface area (Å²) in [5.41, 5.74) is -0.0616. The van der Waals surface area contributed by atoms with Crippen LogP contribution in [0.5, 0.6) is 0 Å². The Morgan fingerprint density at radius 1 is 0.862 bits per heavy atom. The third-order valence-corrected chi connectivity index (χ3v) is 4.44. The molecule has 2 aromatic rings. The van der Waals surface area contributed by atoms with Crippen molar-refractivity contribution < 1.29 is 28.9 Å². The number of nitro groups is 2. The Bertz CT molecular complexity index is 899. The van der Waals surface area contributed by atoms with Gasteiger partial charge in [0, 0.05) is 22.6 Å². The van der Waals surface area contributed by atoms with Gasteiger partial charge in [-0.25, -0.2) is 0 Å². The Balaban J connectivity index is 2.77. The summed E-state index contributed by atoms with van der Waals surface area (Å²) in [6.45, 7) is 0. The maximum atomic E-state index is 12.4. The molecule has 152 valence electrons. The van der Waals surface area contributed by atoms with Gasteiger partial charge in [-0.1, -0.05) is 42.5 Å². The fourth-order valence-electron chi connectivity index (χ4n) is 3.16. The van der Waals surface area contributed by atoms with Crippen molar-refractivity contribution in [2.45, 2.75) is 12.0 Å². The van der Waals surface area contributed by atoms with Crippen LogP contribution in [0.4, 0.5) is 5.69 Å². The second kappa shape index (κ2) is 9.40. The van der Waals surface area contributed by atoms with Crippen molar-refractivity contribution in [2.75, 3.05) is 14.2 Å². The largest absolute Gasteiger partial charge is 0.468 e. The molecular weight excluding hydrogens is 384 g/mol. The molecule has 0 N–H and O–H groups in total. The zero-order chi connectivity index (χ0) is 21.6. The molecule has 0 unspecified atom stereocenters. The van der Waals surface area contributed by atoms with Crippen LogP contribution in [0.1, 0.15) is 23.1 Å². The highest BCUT2D eigenvalue weighted by atomic mass is 16.6. The molecule has 0 radical (unpaired) electrons. The van der Waals surface area contributed by atoms with E-state index in [1.807, 2.05) is 0 Å². The highest BCUT2D eigenvalue weighted by molar-refractivity contribution is 5.96. The third kappa shape index (κ3) is 4.72. The Kier molecular flexibility index (Phi) is 6.96. The molecule has 2 aromatic carbocycles. The van der Waals surface area contributed by atoms with Crippen molar-refractivity contribution in [1.82, 2.24) is 0 Å². The van der Waals surface area contributed by atoms with Crippen molar-refractivity contribution >= 4 is 17.6 Å². The van der Waals surface area contributed by atoms with Gasteiger partial charge in [-0.2, -0.15) is 0 Å². The number of ether oxygens (including phenoxy) is 2. The Labute approximate surface area is 165 Å². The molecule has 0 aromatic heterocycles. The lowest BCUT2D eigenvalue weighted by Crippen LogP contribution is -2.37. The minimum Gasteiger partial charge on any atom is -0.468 e. The number of esters is 2. The first kappa shape index (κ1) is 21.5. The van der Waals surface area contributed by atoms with Gasteiger partial charge >= 0.3 is 11.9 Å². The number of nitro benzene ring substituents is 1. The number of carbonyl (C=O) groups excluding carboxylic acids is 2. The minimum absolute atomic E-state index is 0.0607. The van der Waals surface area contributed by atoms with Crippen LogP contribution < -0.4 is 0 Å². The number of non-ortho nitro benzene ring substituents is 1. The number of methoxy groups -OCH3 is 2. The molecule has 0 aliphatic rings. The summed E-state index contributed by atoms with van der Waals surface area (Å²) in [6, 6.07) is 11.2. The maximum Gasteiger partial charge on any atom is 0.320 e. The van der Waals surface area contributed by atoms with Gasteiger partial charge in [-0.3, -0.25) is 29.8 Å². The molecule has 0 saturated heterocycles. The van der Waals surface area contributed by atoms with Crippen molar-refractivity contribution in [2.24, 2.45) is 5.92 Å². The van der Waals surface area contributed by atoms with Gasteiger partial charge in [0.05, 0.1) is 25.1 Å². The Morgan fingerprint density at radius 2 is 1.41 bits per heavy atom. The number of hydrogen-bond acceptors (Lipinski definition) is 8. The average Bonchev–Trinajstić information content (AvgIpc) is 2.73. The molecule has 0 aliphatic carbocycles. The monoisotopic (exact) mass is 402 g/mol. The van der Waals surface area contributed by atoms with Gasteiger partial charge in [-0.15, -0.1) is 0 Å². The van der Waals surface area contributed by atoms with Gasteiger partial charge in [0.2, 0.25) is 6.04 Å². The molecule has 0 amide bonds. The van der Waals surface area contributed by atoms with E-state index in [4.69, 9.17) is 0 Å². The normalized spacial score (nSPS) is 12.7. The average molecular weight is 402 g/mol. The molecule has 0 saturated carbocycles. The first-order valence-corrected chi connectivity index (χ1v) is 8.40. The minimum atomic E-state index is -1.71. The van der Waals surface area contributed by atoms with Crippen molar-refractivity contribution in [3.8, 4) is 0 Å². The van der Waals surface area contributed by atoms with Crippen LogP contribution in [-0.4, -0.2) is 36.0 Å². The van der Waals surface area contributed by atoms with Gasteiger partial charge in [0.25, 0.3) is 5.69 Å². The standard InChI is InChI=1S/C19H18N2O8/c1-28-18(22)16(19(23)29-2)15(13-9-6-10-14(11-13)20(24)25)17(21(26)27)12-7-4-3-5-8-12/h3-11,15-17H,1-2H3/t15-,17+/m1/s1. The quantitative estimate of drug-likeness (QED) is 0.284. The van der Waals surface area contributed by atoms with E-state index < -0.39 is 39.7 Å². The molecule has 2 rings (SSSR count). The third-order valence-electron chi connectivity index (χ3n) is 4.44. The lowest BCUT2D eigenvalue weighted by atomic mass is 9.77. The molecule has 29 heavy (non-hydrogen) atoms. The van der Waals surface area contributed by atoms with Crippen molar-refractivity contribution in [3.05, 3.63) is 86.0 Å². The maximum absolute atomic E-state index is 12.4. The molecular formula is C19H18N2O8. The summed E-state index contributed by atoms with van der Waals surface area (Å²) >= 11 is 0. The topological polar surface area (TPSA) is 139 Å². The number of nitrogens with zero attached hydrogens (tertiary/aromatic N) is 2. The van der Waals surface area contributed by atoms with Crippen LogP contribution in [-0.2, 0) is 19.1 Å². The Hall–Kier alpha value is -3.82. The van der Waals surface area contributed by atoms with Crippen LogP contribution in [0.3, 0.4) is 0 Å². The lowest BCUT2D eigenvalue weighted by molar-refractivity contribution is -0.534. The SMILES string of the molecule is COC(=O)C(C(=O)OC)[C@@H](c1cccc([N+](=O)[O-])c1)[C@H](c1ccccc1)[N+](=O)[O-]. The summed E-state index contributed by atoms with van der Waals surface area (Å²) in [6.07, 6.45) is 0. The zero-order valence-electron chi connectivity index (χ0n) is 15.6. The van der Waals surface area contributed by atoms with Crippen LogP contribution in [0, 0.1) is 26.1 Å². The lowest BCUT2D eigenvalue weighted by Gasteiger charge is -2.26. The molecule has 0 bridgehead atoms. The highest BCUT2D eigenvalue weighted by Crippen LogP contribution is 2.41. The van der Waals surface area contributed by atoms with Gasteiger partial charge in [0.15, 0.2) is 5.92 Å². The van der Waals surface area contributed by atoms with E-state index in [0.29, 0.717) is 0 Å². The second-order valence-corrected chi connectivity index (χ2v) is 6.04. The number of carbonyl (C=O) groups is 2. The van der Waals surface area contributed by atoms with Gasteiger partial charge in [-0.05, 0) is 5.56 Å². The van der Waals surface area contributed by atoms with Crippen LogP contribution in [0.25, 0.3) is 0 Å². The van der Waals surface area contributed by atoms with Crippen molar-refractivity contribution in [1.29, 1.82) is 0 Å². The van der Waals surface area contributed by atoms with E-state index in [9.17, 15) is 29.8 Å². The molecule has 10 nitrogen and oxygen atoms in total. The Morgan fingerprint density at radius 3 is 1.90 bits per heavy atom. The molecule has 0 spiro atoms. The highest BCUT2D eigenvalue weighted by Gasteiger charge is 2.48. The van der Waals surface area contributed by atoms with E-state index in [0.717, 1.165) is 20.3 Å². The van der Waals surface area contributed by atoms with Crippen LogP contribution in [0.2, 0.25) is 0 Å². The van der Waals surface area contributed by atoms with E-state index in [1.54, 1.807) is 18.2 Å².